The van der Waals surface area contributed by atoms with E-state index in [9.17, 15) is 5.11 Å². The van der Waals surface area contributed by atoms with Gasteiger partial charge in [-0.15, -0.1) is 5.10 Å². The summed E-state index contributed by atoms with van der Waals surface area (Å²) in [7, 11) is 0. The highest BCUT2D eigenvalue weighted by molar-refractivity contribution is 6.42. The maximum Gasteiger partial charge on any atom is 0.176 e. The van der Waals surface area contributed by atoms with Crippen LogP contribution in [0.2, 0.25) is 10.0 Å². The van der Waals surface area contributed by atoms with Gasteiger partial charge in [0.25, 0.3) is 0 Å². The smallest absolute Gasteiger partial charge is 0.176 e. The Morgan fingerprint density at radius 3 is 2.43 bits per heavy atom. The van der Waals surface area contributed by atoms with E-state index in [4.69, 9.17) is 23.2 Å². The fourth-order valence-corrected chi connectivity index (χ4v) is 3.29. The van der Waals surface area contributed by atoms with Crippen LogP contribution in [0.4, 0.5) is 0 Å². The number of aromatic nitrogens is 3. The molecule has 0 bridgehead atoms. The zero-order valence-electron chi connectivity index (χ0n) is 14.7. The van der Waals surface area contributed by atoms with Gasteiger partial charge in [-0.1, -0.05) is 88.8 Å². The predicted molar refractivity (Wildman–Crippen MR) is 111 cm³/mol. The number of hydrogen-bond donors (Lipinski definition) is 1. The Morgan fingerprint density at radius 2 is 1.64 bits per heavy atom. The number of nitrogens with zero attached hydrogens (tertiary/aromatic N) is 3. The molecule has 0 saturated heterocycles. The minimum Gasteiger partial charge on any atom is -0.369 e. The zero-order chi connectivity index (χ0) is 19.6. The van der Waals surface area contributed by atoms with Gasteiger partial charge in [0.15, 0.2) is 5.60 Å². The molecule has 0 amide bonds. The van der Waals surface area contributed by atoms with Crippen LogP contribution in [0.25, 0.3) is 11.0 Å². The van der Waals surface area contributed by atoms with Gasteiger partial charge in [0.2, 0.25) is 0 Å². The fourth-order valence-electron chi connectivity index (χ4n) is 2.99. The summed E-state index contributed by atoms with van der Waals surface area (Å²) in [6.45, 7) is 0.289. The summed E-state index contributed by atoms with van der Waals surface area (Å²) in [6, 6.07) is 21.9. The van der Waals surface area contributed by atoms with Crippen molar-refractivity contribution >= 4 is 34.2 Å². The van der Waals surface area contributed by atoms with Gasteiger partial charge in [-0.25, -0.2) is 4.68 Å². The first-order valence-electron chi connectivity index (χ1n) is 8.59. The first kappa shape index (κ1) is 18.5. The fraction of sp³-hybridized carbons (Fsp3) is 0.0909. The second-order valence-corrected chi connectivity index (χ2v) is 7.06. The number of hydrogen-bond acceptors (Lipinski definition) is 3. The van der Waals surface area contributed by atoms with E-state index >= 15 is 0 Å². The van der Waals surface area contributed by atoms with Gasteiger partial charge >= 0.3 is 0 Å². The van der Waals surface area contributed by atoms with Crippen molar-refractivity contribution < 1.29 is 5.11 Å². The van der Waals surface area contributed by atoms with Crippen molar-refractivity contribution in [3.63, 3.8) is 0 Å². The lowest BCUT2D eigenvalue weighted by atomic mass is 9.87. The van der Waals surface area contributed by atoms with Crippen LogP contribution < -0.4 is 0 Å². The van der Waals surface area contributed by atoms with Gasteiger partial charge < -0.3 is 5.11 Å². The Hall–Kier alpha value is -2.84. The minimum atomic E-state index is -1.54. The Balaban J connectivity index is 1.75. The molecule has 1 atom stereocenters. The molecule has 1 heterocycles. The number of rotatable bonds is 3. The molecule has 1 N–H and O–H groups in total. The van der Waals surface area contributed by atoms with Gasteiger partial charge in [-0.2, -0.15) is 0 Å². The Labute approximate surface area is 172 Å². The molecule has 1 unspecified atom stereocenters. The van der Waals surface area contributed by atoms with Crippen LogP contribution in [0.3, 0.4) is 0 Å². The molecule has 0 radical (unpaired) electrons. The van der Waals surface area contributed by atoms with Gasteiger partial charge in [0.1, 0.15) is 12.1 Å². The van der Waals surface area contributed by atoms with Crippen LogP contribution in [0.1, 0.15) is 11.1 Å². The van der Waals surface area contributed by atoms with Gasteiger partial charge in [-0.3, -0.25) is 0 Å². The van der Waals surface area contributed by atoms with Gasteiger partial charge in [-0.05, 0) is 24.3 Å². The van der Waals surface area contributed by atoms with E-state index in [0.717, 1.165) is 11.0 Å². The van der Waals surface area contributed by atoms with Crippen LogP contribution in [0, 0.1) is 11.8 Å². The maximum absolute atomic E-state index is 11.5. The second-order valence-electron chi connectivity index (χ2n) is 6.24. The zero-order valence-corrected chi connectivity index (χ0v) is 16.2. The third-order valence-electron chi connectivity index (χ3n) is 4.45. The average molecular weight is 408 g/mol. The number of benzene rings is 3. The molecule has 0 spiro atoms. The molecule has 4 nitrogen and oxygen atoms in total. The molecule has 0 aliphatic carbocycles. The van der Waals surface area contributed by atoms with Crippen LogP contribution in [0.15, 0.2) is 72.8 Å². The van der Waals surface area contributed by atoms with E-state index in [0.29, 0.717) is 21.2 Å². The highest BCUT2D eigenvalue weighted by atomic mass is 35.5. The van der Waals surface area contributed by atoms with E-state index in [2.05, 4.69) is 22.2 Å². The molecule has 0 aliphatic heterocycles. The van der Waals surface area contributed by atoms with Crippen LogP contribution in [-0.4, -0.2) is 20.1 Å². The van der Waals surface area contributed by atoms with Crippen molar-refractivity contribution in [2.75, 3.05) is 0 Å². The Bertz CT molecular complexity index is 1190. The first-order chi connectivity index (χ1) is 13.6. The van der Waals surface area contributed by atoms with E-state index in [-0.39, 0.29) is 6.54 Å². The molecular weight excluding hydrogens is 393 g/mol. The quantitative estimate of drug-likeness (QED) is 0.501. The monoisotopic (exact) mass is 407 g/mol. The third-order valence-corrected chi connectivity index (χ3v) is 5.19. The number of aliphatic hydroxyl groups is 1. The predicted octanol–water partition coefficient (Wildman–Crippen LogP) is 4.68. The summed E-state index contributed by atoms with van der Waals surface area (Å²) in [5.41, 5.74) is 1.33. The summed E-state index contributed by atoms with van der Waals surface area (Å²) in [4.78, 5) is 0. The van der Waals surface area contributed by atoms with E-state index in [1.807, 2.05) is 54.6 Å². The molecule has 4 aromatic rings. The highest BCUT2D eigenvalue weighted by Gasteiger charge is 2.30. The van der Waals surface area contributed by atoms with Crippen molar-refractivity contribution in [3.8, 4) is 11.8 Å². The van der Waals surface area contributed by atoms with Crippen molar-refractivity contribution in [1.29, 1.82) is 0 Å². The van der Waals surface area contributed by atoms with Crippen LogP contribution in [-0.2, 0) is 12.1 Å². The molecular formula is C22H15Cl2N3O. The van der Waals surface area contributed by atoms with Crippen molar-refractivity contribution in [1.82, 2.24) is 15.0 Å². The molecule has 28 heavy (non-hydrogen) atoms. The van der Waals surface area contributed by atoms with Gasteiger partial charge in [0.05, 0.1) is 15.6 Å². The van der Waals surface area contributed by atoms with E-state index in [1.165, 1.54) is 0 Å². The standard InChI is InChI=1S/C22H15Cl2N3O/c23-18-12-11-17(15-19(18)24)22(28,16-7-2-1-3-8-16)13-6-14-27-21-10-5-4-9-20(21)25-26-27/h1-5,7-12,15,28H,14H2. The first-order valence-corrected chi connectivity index (χ1v) is 9.35. The molecule has 0 aliphatic rings. The Kier molecular flexibility index (Phi) is 5.06. The minimum absolute atomic E-state index is 0.289. The number of halogens is 2. The van der Waals surface area contributed by atoms with Crippen molar-refractivity contribution in [2.45, 2.75) is 12.1 Å². The number of fused-ring (bicyclic) bond motifs is 1. The molecule has 4 rings (SSSR count). The number of para-hydroxylation sites is 1. The average Bonchev–Trinajstić information content (AvgIpc) is 3.14. The summed E-state index contributed by atoms with van der Waals surface area (Å²) in [5, 5.41) is 20.5. The van der Waals surface area contributed by atoms with Crippen LogP contribution in [0.5, 0.6) is 0 Å². The summed E-state index contributed by atoms with van der Waals surface area (Å²) < 4.78 is 1.70. The lowest BCUT2D eigenvalue weighted by Crippen LogP contribution is -2.25. The second kappa shape index (κ2) is 7.65. The molecule has 0 saturated carbocycles. The summed E-state index contributed by atoms with van der Waals surface area (Å²) in [6.07, 6.45) is 0. The summed E-state index contributed by atoms with van der Waals surface area (Å²) in [5.74, 6) is 6.03. The molecule has 1 aromatic heterocycles. The lowest BCUT2D eigenvalue weighted by molar-refractivity contribution is 0.145. The SMILES string of the molecule is OC(C#CCn1nnc2ccccc21)(c1ccccc1)c1ccc(Cl)c(Cl)c1. The largest absolute Gasteiger partial charge is 0.369 e. The van der Waals surface area contributed by atoms with E-state index < -0.39 is 5.60 Å². The molecule has 6 heteroatoms. The topological polar surface area (TPSA) is 50.9 Å². The highest BCUT2D eigenvalue weighted by Crippen LogP contribution is 2.33. The van der Waals surface area contributed by atoms with Gasteiger partial charge in [0, 0.05) is 11.1 Å². The molecule has 3 aromatic carbocycles. The third kappa shape index (κ3) is 3.48. The molecule has 0 fully saturated rings. The lowest BCUT2D eigenvalue weighted by Gasteiger charge is -2.24. The van der Waals surface area contributed by atoms with E-state index in [1.54, 1.807) is 22.9 Å². The summed E-state index contributed by atoms with van der Waals surface area (Å²) >= 11 is 12.2. The van der Waals surface area contributed by atoms with Crippen LogP contribution >= 0.6 is 23.2 Å². The molecule has 138 valence electrons. The van der Waals surface area contributed by atoms with Crippen molar-refractivity contribution in [2.24, 2.45) is 0 Å². The normalized spacial score (nSPS) is 13.0. The maximum atomic E-state index is 11.5. The Morgan fingerprint density at radius 1 is 0.893 bits per heavy atom. The van der Waals surface area contributed by atoms with Crippen molar-refractivity contribution in [3.05, 3.63) is 94.0 Å².